The number of hydrogen-bond donors (Lipinski definition) is 1. The van der Waals surface area contributed by atoms with E-state index in [4.69, 9.17) is 4.74 Å². The average molecular weight is 370 g/mol. The molecule has 3 aromatic rings. The first-order valence-electron chi connectivity index (χ1n) is 9.42. The molecular formula is C25H22O3. The quantitative estimate of drug-likeness (QED) is 0.660. The molecular weight excluding hydrogens is 348 g/mol. The van der Waals surface area contributed by atoms with Crippen molar-refractivity contribution >= 4 is 5.78 Å². The third-order valence-corrected chi connectivity index (χ3v) is 5.13. The number of benzene rings is 3. The van der Waals surface area contributed by atoms with Crippen LogP contribution in [0, 0.1) is 0 Å². The van der Waals surface area contributed by atoms with E-state index in [1.807, 2.05) is 91.0 Å². The second kappa shape index (κ2) is 7.93. The van der Waals surface area contributed by atoms with Crippen molar-refractivity contribution in [2.24, 2.45) is 0 Å². The van der Waals surface area contributed by atoms with Crippen LogP contribution in [0.25, 0.3) is 0 Å². The normalized spacial score (nSPS) is 16.8. The van der Waals surface area contributed by atoms with Gasteiger partial charge in [-0.15, -0.1) is 0 Å². The van der Waals surface area contributed by atoms with Gasteiger partial charge in [0.15, 0.2) is 5.78 Å². The summed E-state index contributed by atoms with van der Waals surface area (Å²) < 4.78 is 6.59. The number of carbonyl (C=O) groups is 1. The van der Waals surface area contributed by atoms with Gasteiger partial charge in [-0.2, -0.15) is 0 Å². The summed E-state index contributed by atoms with van der Waals surface area (Å²) in [6.45, 7) is 0.134. The monoisotopic (exact) mass is 370 g/mol. The van der Waals surface area contributed by atoms with Crippen molar-refractivity contribution in [2.75, 3.05) is 6.61 Å². The third-order valence-electron chi connectivity index (χ3n) is 5.13. The Bertz CT molecular complexity index is 866. The largest absolute Gasteiger partial charge is 0.389 e. The molecule has 3 nitrogen and oxygen atoms in total. The lowest BCUT2D eigenvalue weighted by Crippen LogP contribution is -2.34. The predicted octanol–water partition coefficient (Wildman–Crippen LogP) is 4.26. The molecule has 0 unspecified atom stereocenters. The van der Waals surface area contributed by atoms with Crippen LogP contribution < -0.4 is 0 Å². The van der Waals surface area contributed by atoms with Crippen LogP contribution in [0.2, 0.25) is 0 Å². The Kier molecular flexibility index (Phi) is 5.20. The number of ketones is 1. The highest BCUT2D eigenvalue weighted by atomic mass is 16.5. The zero-order valence-corrected chi connectivity index (χ0v) is 15.5. The van der Waals surface area contributed by atoms with E-state index < -0.39 is 11.7 Å². The van der Waals surface area contributed by atoms with Gasteiger partial charge in [0.05, 0.1) is 12.7 Å². The maximum absolute atomic E-state index is 12.2. The maximum atomic E-state index is 12.2. The fourth-order valence-corrected chi connectivity index (χ4v) is 3.79. The number of carbonyl (C=O) groups excluding carboxylic acids is 1. The minimum Gasteiger partial charge on any atom is -0.389 e. The third kappa shape index (κ3) is 3.42. The van der Waals surface area contributed by atoms with Crippen LogP contribution in [-0.2, 0) is 15.1 Å². The summed E-state index contributed by atoms with van der Waals surface area (Å²) in [5.41, 5.74) is 2.62. The van der Waals surface area contributed by atoms with E-state index in [9.17, 15) is 9.90 Å². The van der Waals surface area contributed by atoms with E-state index in [1.165, 1.54) is 0 Å². The number of aliphatic hydroxyl groups excluding tert-OH is 1. The molecule has 0 heterocycles. The van der Waals surface area contributed by atoms with Crippen molar-refractivity contribution in [1.82, 2.24) is 0 Å². The predicted molar refractivity (Wildman–Crippen MR) is 109 cm³/mol. The van der Waals surface area contributed by atoms with Gasteiger partial charge in [0.1, 0.15) is 5.60 Å². The van der Waals surface area contributed by atoms with Gasteiger partial charge >= 0.3 is 0 Å². The Hall–Kier alpha value is -3.01. The topological polar surface area (TPSA) is 46.5 Å². The second-order valence-electron chi connectivity index (χ2n) is 6.95. The zero-order valence-electron chi connectivity index (χ0n) is 15.5. The number of aliphatic hydroxyl groups is 1. The molecule has 1 N–H and O–H groups in total. The first-order chi connectivity index (χ1) is 13.7. The van der Waals surface area contributed by atoms with Gasteiger partial charge in [0.25, 0.3) is 0 Å². The lowest BCUT2D eigenvalue weighted by molar-refractivity contribution is -0.116. The lowest BCUT2D eigenvalue weighted by atomic mass is 9.80. The fourth-order valence-electron chi connectivity index (χ4n) is 3.79. The number of rotatable bonds is 6. The summed E-state index contributed by atoms with van der Waals surface area (Å²) in [4.78, 5) is 12.2. The summed E-state index contributed by atoms with van der Waals surface area (Å²) in [6, 6.07) is 30.1. The smallest absolute Gasteiger partial charge is 0.163 e. The van der Waals surface area contributed by atoms with E-state index in [2.05, 4.69) is 0 Å². The zero-order chi connectivity index (χ0) is 19.4. The van der Waals surface area contributed by atoms with Crippen LogP contribution in [0.15, 0.2) is 103 Å². The molecule has 28 heavy (non-hydrogen) atoms. The summed E-state index contributed by atoms with van der Waals surface area (Å²) in [5.74, 6) is -0.0596. The molecule has 3 heteroatoms. The minimum atomic E-state index is -0.863. The molecule has 1 aliphatic carbocycles. The van der Waals surface area contributed by atoms with Crippen molar-refractivity contribution in [3.8, 4) is 0 Å². The van der Waals surface area contributed by atoms with E-state index in [1.54, 1.807) is 6.08 Å². The van der Waals surface area contributed by atoms with E-state index in [-0.39, 0.29) is 18.8 Å². The van der Waals surface area contributed by atoms with Gasteiger partial charge in [0.2, 0.25) is 0 Å². The van der Waals surface area contributed by atoms with E-state index in [0.29, 0.717) is 5.57 Å². The van der Waals surface area contributed by atoms with Crippen molar-refractivity contribution < 1.29 is 14.6 Å². The van der Waals surface area contributed by atoms with Crippen LogP contribution in [0.1, 0.15) is 23.1 Å². The number of ether oxygens (including phenoxy) is 1. The second-order valence-corrected chi connectivity index (χ2v) is 6.95. The van der Waals surface area contributed by atoms with Gasteiger partial charge in [-0.3, -0.25) is 4.79 Å². The number of hydrogen-bond acceptors (Lipinski definition) is 3. The molecule has 1 atom stereocenters. The molecule has 0 amide bonds. The summed E-state index contributed by atoms with van der Waals surface area (Å²) >= 11 is 0. The van der Waals surface area contributed by atoms with Crippen molar-refractivity contribution in [2.45, 2.75) is 18.1 Å². The first kappa shape index (κ1) is 18.4. The van der Waals surface area contributed by atoms with E-state index in [0.717, 1.165) is 16.7 Å². The average Bonchev–Trinajstić information content (AvgIpc) is 3.08. The van der Waals surface area contributed by atoms with Crippen molar-refractivity contribution in [1.29, 1.82) is 0 Å². The molecule has 0 spiro atoms. The highest BCUT2D eigenvalue weighted by Crippen LogP contribution is 2.41. The van der Waals surface area contributed by atoms with Crippen molar-refractivity contribution in [3.63, 3.8) is 0 Å². The van der Waals surface area contributed by atoms with Crippen LogP contribution in [0.3, 0.4) is 0 Å². The first-order valence-corrected chi connectivity index (χ1v) is 9.42. The molecule has 0 aromatic heterocycles. The molecule has 1 aliphatic rings. The van der Waals surface area contributed by atoms with Gasteiger partial charge < -0.3 is 9.84 Å². The van der Waals surface area contributed by atoms with Gasteiger partial charge in [0, 0.05) is 12.0 Å². The molecule has 0 radical (unpaired) electrons. The molecule has 0 bridgehead atoms. The van der Waals surface area contributed by atoms with Gasteiger partial charge in [-0.1, -0.05) is 91.0 Å². The Morgan fingerprint density at radius 1 is 0.786 bits per heavy atom. The Labute approximate surface area is 164 Å². The Morgan fingerprint density at radius 3 is 1.57 bits per heavy atom. The van der Waals surface area contributed by atoms with Gasteiger partial charge in [-0.25, -0.2) is 0 Å². The van der Waals surface area contributed by atoms with Crippen LogP contribution in [0.5, 0.6) is 0 Å². The van der Waals surface area contributed by atoms with Crippen LogP contribution in [-0.4, -0.2) is 23.6 Å². The summed E-state index contributed by atoms with van der Waals surface area (Å²) in [6.07, 6.45) is 1.02. The molecule has 0 fully saturated rings. The lowest BCUT2D eigenvalue weighted by Gasteiger charge is -2.36. The van der Waals surface area contributed by atoms with Crippen molar-refractivity contribution in [3.05, 3.63) is 119 Å². The molecule has 4 rings (SSSR count). The maximum Gasteiger partial charge on any atom is 0.163 e. The molecule has 0 saturated carbocycles. The fraction of sp³-hybridized carbons (Fsp3) is 0.160. The Balaban J connectivity index is 1.86. The highest BCUT2D eigenvalue weighted by molar-refractivity contribution is 5.98. The minimum absolute atomic E-state index is 0.0596. The summed E-state index contributed by atoms with van der Waals surface area (Å²) in [5, 5.41) is 9.80. The van der Waals surface area contributed by atoms with Crippen LogP contribution in [0.4, 0.5) is 0 Å². The van der Waals surface area contributed by atoms with E-state index >= 15 is 0 Å². The Morgan fingerprint density at radius 2 is 1.21 bits per heavy atom. The molecule has 0 aliphatic heterocycles. The summed E-state index contributed by atoms with van der Waals surface area (Å²) in [7, 11) is 0. The SMILES string of the molecule is O=C1C[C@H](O)C=C1COC(c1ccccc1)(c1ccccc1)c1ccccc1. The molecule has 0 saturated heterocycles. The van der Waals surface area contributed by atoms with Gasteiger partial charge in [-0.05, 0) is 22.8 Å². The molecule has 140 valence electrons. The van der Waals surface area contributed by atoms with Crippen LogP contribution >= 0.6 is 0 Å². The molecule has 3 aromatic carbocycles. The number of Topliss-reactive ketones (excluding diaryl/α,β-unsaturated/α-hetero) is 1. The highest BCUT2D eigenvalue weighted by Gasteiger charge is 2.38. The standard InChI is InChI=1S/C25H22O3/c26-23-16-19(24(27)17-23)18-28-25(20-10-4-1-5-11-20,21-12-6-2-7-13-21)22-14-8-3-9-15-22/h1-16,23,26H,17-18H2/t23-/m1/s1.